The number of halogens is 1. The molecule has 2 heteroatoms. The maximum absolute atomic E-state index is 5.36. The molecule has 1 nitrogen and oxygen atoms in total. The molecule has 0 saturated heterocycles. The van der Waals surface area contributed by atoms with Gasteiger partial charge in [-0.15, -0.1) is 12.4 Å². The average Bonchev–Trinajstić information content (AvgIpc) is 2.89. The molecule has 13 heavy (non-hydrogen) atoms. The third kappa shape index (κ3) is 6.47. The van der Waals surface area contributed by atoms with Gasteiger partial charge >= 0.3 is 0 Å². The van der Waals surface area contributed by atoms with Crippen molar-refractivity contribution < 1.29 is 0 Å². The van der Waals surface area contributed by atoms with Crippen LogP contribution in [0.1, 0.15) is 26.2 Å². The van der Waals surface area contributed by atoms with Gasteiger partial charge in [-0.1, -0.05) is 44.4 Å². The molecule has 0 spiro atoms. The summed E-state index contributed by atoms with van der Waals surface area (Å²) in [5, 5.41) is 0. The predicted octanol–water partition coefficient (Wildman–Crippen LogP) is 3.50. The predicted molar refractivity (Wildman–Crippen MR) is 61.1 cm³/mol. The SMILES string of the molecule is CCC1CC1.Cl.Nc1ccccc1. The number of benzene rings is 1. The molecule has 1 aliphatic carbocycles. The molecule has 0 radical (unpaired) electrons. The van der Waals surface area contributed by atoms with Crippen LogP contribution in [0.25, 0.3) is 0 Å². The first-order valence-corrected chi connectivity index (χ1v) is 4.63. The molecule has 1 saturated carbocycles. The number of para-hydroxylation sites is 1. The Hall–Kier alpha value is -0.690. The van der Waals surface area contributed by atoms with Crippen molar-refractivity contribution in [1.29, 1.82) is 0 Å². The lowest BCUT2D eigenvalue weighted by molar-refractivity contribution is 0.799. The maximum Gasteiger partial charge on any atom is 0.0313 e. The van der Waals surface area contributed by atoms with Crippen LogP contribution in [-0.2, 0) is 0 Å². The van der Waals surface area contributed by atoms with Gasteiger partial charge in [-0.25, -0.2) is 0 Å². The molecule has 0 aromatic heterocycles. The molecule has 0 bridgehead atoms. The first-order valence-electron chi connectivity index (χ1n) is 4.63. The molecular formula is C11H18ClN. The van der Waals surface area contributed by atoms with Gasteiger partial charge in [-0.3, -0.25) is 0 Å². The summed E-state index contributed by atoms with van der Waals surface area (Å²) in [6.07, 6.45) is 4.44. The maximum atomic E-state index is 5.36. The van der Waals surface area contributed by atoms with E-state index < -0.39 is 0 Å². The summed E-state index contributed by atoms with van der Waals surface area (Å²) >= 11 is 0. The van der Waals surface area contributed by atoms with Crippen LogP contribution in [-0.4, -0.2) is 0 Å². The molecule has 0 aliphatic heterocycles. The fourth-order valence-corrected chi connectivity index (χ4v) is 0.979. The lowest BCUT2D eigenvalue weighted by Gasteiger charge is -1.83. The molecule has 74 valence electrons. The summed E-state index contributed by atoms with van der Waals surface area (Å²) in [5.41, 5.74) is 6.18. The summed E-state index contributed by atoms with van der Waals surface area (Å²) < 4.78 is 0. The number of nitrogen functional groups attached to an aromatic ring is 1. The largest absolute Gasteiger partial charge is 0.399 e. The Morgan fingerprint density at radius 2 is 1.77 bits per heavy atom. The summed E-state index contributed by atoms with van der Waals surface area (Å²) in [6.45, 7) is 2.26. The Morgan fingerprint density at radius 3 is 1.92 bits per heavy atom. The number of rotatable bonds is 1. The first kappa shape index (κ1) is 12.3. The Morgan fingerprint density at radius 1 is 1.23 bits per heavy atom. The van der Waals surface area contributed by atoms with Crippen LogP contribution in [0.4, 0.5) is 5.69 Å². The van der Waals surface area contributed by atoms with Gasteiger partial charge in [-0.2, -0.15) is 0 Å². The van der Waals surface area contributed by atoms with Gasteiger partial charge < -0.3 is 5.73 Å². The zero-order valence-corrected chi connectivity index (χ0v) is 8.89. The second-order valence-electron chi connectivity index (χ2n) is 3.26. The standard InChI is InChI=1S/C6H7N.C5H10.ClH/c7-6-4-2-1-3-5-6;1-2-5-3-4-5;/h1-5H,7H2;5H,2-4H2,1H3;1H. The van der Waals surface area contributed by atoms with Crippen molar-refractivity contribution in [2.75, 3.05) is 5.73 Å². The molecule has 1 fully saturated rings. The molecule has 0 unspecified atom stereocenters. The lowest BCUT2D eigenvalue weighted by Crippen LogP contribution is -1.79. The van der Waals surface area contributed by atoms with Crippen LogP contribution in [0.3, 0.4) is 0 Å². The van der Waals surface area contributed by atoms with E-state index in [0.29, 0.717) is 0 Å². The van der Waals surface area contributed by atoms with E-state index in [1.165, 1.54) is 19.3 Å². The number of hydrogen-bond acceptors (Lipinski definition) is 1. The van der Waals surface area contributed by atoms with E-state index in [1.54, 1.807) is 0 Å². The van der Waals surface area contributed by atoms with Crippen LogP contribution < -0.4 is 5.73 Å². The Labute approximate surface area is 86.7 Å². The second kappa shape index (κ2) is 6.79. The average molecular weight is 200 g/mol. The second-order valence-corrected chi connectivity index (χ2v) is 3.26. The molecule has 1 aliphatic rings. The minimum absolute atomic E-state index is 0. The van der Waals surface area contributed by atoms with Crippen molar-refractivity contribution in [3.63, 3.8) is 0 Å². The van der Waals surface area contributed by atoms with Crippen molar-refractivity contribution in [2.24, 2.45) is 5.92 Å². The van der Waals surface area contributed by atoms with Gasteiger partial charge in [0.05, 0.1) is 0 Å². The van der Waals surface area contributed by atoms with Crippen LogP contribution >= 0.6 is 12.4 Å². The third-order valence-corrected chi connectivity index (χ3v) is 2.07. The van der Waals surface area contributed by atoms with Gasteiger partial charge in [0, 0.05) is 5.69 Å². The van der Waals surface area contributed by atoms with Gasteiger partial charge in [0.1, 0.15) is 0 Å². The normalized spacial score (nSPS) is 13.6. The van der Waals surface area contributed by atoms with Crippen LogP contribution in [0.5, 0.6) is 0 Å². The number of nitrogens with two attached hydrogens (primary N) is 1. The molecule has 1 aromatic carbocycles. The fourth-order valence-electron chi connectivity index (χ4n) is 0.979. The van der Waals surface area contributed by atoms with Crippen LogP contribution in [0.15, 0.2) is 30.3 Å². The highest BCUT2D eigenvalue weighted by Gasteiger charge is 2.17. The Bertz CT molecular complexity index is 207. The highest BCUT2D eigenvalue weighted by atomic mass is 35.5. The van der Waals surface area contributed by atoms with E-state index in [9.17, 15) is 0 Å². The zero-order valence-electron chi connectivity index (χ0n) is 8.07. The Kier molecular flexibility index (Phi) is 6.43. The van der Waals surface area contributed by atoms with Crippen LogP contribution in [0, 0.1) is 5.92 Å². The number of anilines is 1. The van der Waals surface area contributed by atoms with E-state index in [1.807, 2.05) is 30.3 Å². The van der Waals surface area contributed by atoms with E-state index in [2.05, 4.69) is 6.92 Å². The van der Waals surface area contributed by atoms with Gasteiger partial charge in [0.2, 0.25) is 0 Å². The minimum Gasteiger partial charge on any atom is -0.399 e. The van der Waals surface area contributed by atoms with E-state index in [-0.39, 0.29) is 12.4 Å². The molecule has 0 amide bonds. The highest BCUT2D eigenvalue weighted by Crippen LogP contribution is 2.31. The summed E-state index contributed by atoms with van der Waals surface area (Å²) in [7, 11) is 0. The summed E-state index contributed by atoms with van der Waals surface area (Å²) in [6, 6.07) is 9.49. The first-order chi connectivity index (χ1) is 5.83. The fraction of sp³-hybridized carbons (Fsp3) is 0.455. The highest BCUT2D eigenvalue weighted by molar-refractivity contribution is 5.85. The molecular weight excluding hydrogens is 182 g/mol. The van der Waals surface area contributed by atoms with Crippen molar-refractivity contribution in [3.8, 4) is 0 Å². The number of hydrogen-bond donors (Lipinski definition) is 1. The third-order valence-electron chi connectivity index (χ3n) is 2.07. The smallest absolute Gasteiger partial charge is 0.0313 e. The molecule has 0 heterocycles. The minimum atomic E-state index is 0. The monoisotopic (exact) mass is 199 g/mol. The summed E-state index contributed by atoms with van der Waals surface area (Å²) in [4.78, 5) is 0. The van der Waals surface area contributed by atoms with Gasteiger partial charge in [0.25, 0.3) is 0 Å². The van der Waals surface area contributed by atoms with Crippen molar-refractivity contribution >= 4 is 18.1 Å². The molecule has 0 atom stereocenters. The summed E-state index contributed by atoms with van der Waals surface area (Å²) in [5.74, 6) is 1.13. The Balaban J connectivity index is 0.000000215. The topological polar surface area (TPSA) is 26.0 Å². The quantitative estimate of drug-likeness (QED) is 0.689. The van der Waals surface area contributed by atoms with Crippen molar-refractivity contribution in [2.45, 2.75) is 26.2 Å². The van der Waals surface area contributed by atoms with E-state index in [4.69, 9.17) is 5.73 Å². The van der Waals surface area contributed by atoms with Crippen molar-refractivity contribution in [1.82, 2.24) is 0 Å². The molecule has 1 aromatic rings. The van der Waals surface area contributed by atoms with Gasteiger partial charge in [-0.05, 0) is 18.1 Å². The van der Waals surface area contributed by atoms with Gasteiger partial charge in [0.15, 0.2) is 0 Å². The van der Waals surface area contributed by atoms with E-state index in [0.717, 1.165) is 11.6 Å². The van der Waals surface area contributed by atoms with Crippen molar-refractivity contribution in [3.05, 3.63) is 30.3 Å². The molecule has 2 N–H and O–H groups in total. The molecule has 2 rings (SSSR count). The van der Waals surface area contributed by atoms with Crippen LogP contribution in [0.2, 0.25) is 0 Å². The zero-order chi connectivity index (χ0) is 8.81. The lowest BCUT2D eigenvalue weighted by atomic mass is 10.3. The van der Waals surface area contributed by atoms with E-state index >= 15 is 0 Å².